The Kier molecular flexibility index (Phi) is 7.19. The second-order valence-electron chi connectivity index (χ2n) is 8.81. The molecule has 4 heterocycles. The van der Waals surface area contributed by atoms with Gasteiger partial charge in [-0.05, 0) is 37.4 Å². The molecule has 3 aromatic heterocycles. The molecule has 0 radical (unpaired) electrons. The van der Waals surface area contributed by atoms with Gasteiger partial charge < -0.3 is 4.90 Å². The lowest BCUT2D eigenvalue weighted by atomic mass is 10.1. The predicted octanol–water partition coefficient (Wildman–Crippen LogP) is 4.75. The van der Waals surface area contributed by atoms with Crippen molar-refractivity contribution in [3.05, 3.63) is 70.4 Å². The zero-order valence-electron chi connectivity index (χ0n) is 20.3. The zero-order chi connectivity index (χ0) is 27.9. The lowest BCUT2D eigenvalue weighted by molar-refractivity contribution is -0.137. The number of alkyl halides is 5. The van der Waals surface area contributed by atoms with Crippen molar-refractivity contribution in [3.63, 3.8) is 0 Å². The van der Waals surface area contributed by atoms with E-state index in [1.165, 1.54) is 16.6 Å². The van der Waals surface area contributed by atoms with E-state index in [0.717, 1.165) is 46.2 Å². The fourth-order valence-electron chi connectivity index (χ4n) is 4.02. The molecule has 0 aliphatic carbocycles. The topological polar surface area (TPSA) is 70.8 Å². The first-order chi connectivity index (χ1) is 18.4. The molecule has 1 aliphatic heterocycles. The molecule has 204 valence electrons. The summed E-state index contributed by atoms with van der Waals surface area (Å²) in [5.41, 5.74) is -0.933. The third-order valence-corrected chi connectivity index (χ3v) is 9.56. The predicted molar refractivity (Wildman–Crippen MR) is 135 cm³/mol. The van der Waals surface area contributed by atoms with E-state index in [2.05, 4.69) is 21.9 Å². The maximum absolute atomic E-state index is 13.8. The third-order valence-electron chi connectivity index (χ3n) is 6.19. The van der Waals surface area contributed by atoms with Gasteiger partial charge in [-0.25, -0.2) is 26.7 Å². The number of nitrogens with zero attached hydrogens (tertiary/aromatic N) is 5. The van der Waals surface area contributed by atoms with Gasteiger partial charge in [0, 0.05) is 31.7 Å². The van der Waals surface area contributed by atoms with Gasteiger partial charge >= 0.3 is 6.18 Å². The monoisotopic (exact) mass is 581 g/mol. The van der Waals surface area contributed by atoms with Crippen molar-refractivity contribution in [2.45, 2.75) is 16.8 Å². The molecule has 1 aromatic carbocycles. The van der Waals surface area contributed by atoms with Crippen molar-refractivity contribution in [2.24, 2.45) is 0 Å². The Hall–Kier alpha value is -3.38. The summed E-state index contributed by atoms with van der Waals surface area (Å²) >= 11 is 0.996. The summed E-state index contributed by atoms with van der Waals surface area (Å²) in [6.45, 7) is 2.04. The number of hydrogen-bond donors (Lipinski definition) is 0. The average Bonchev–Trinajstić information content (AvgIpc) is 3.54. The molecule has 1 fully saturated rings. The molecule has 0 bridgehead atoms. The number of aromatic nitrogens is 3. The van der Waals surface area contributed by atoms with Crippen LogP contribution in [0, 0.1) is 11.8 Å². The molecular weight excluding hydrogens is 561 g/mol. The summed E-state index contributed by atoms with van der Waals surface area (Å²) in [5.74, 6) is 5.66. The fourth-order valence-corrected chi connectivity index (χ4v) is 6.75. The van der Waals surface area contributed by atoms with Crippen LogP contribution >= 0.6 is 11.3 Å². The molecule has 39 heavy (non-hydrogen) atoms. The molecule has 0 unspecified atom stereocenters. The van der Waals surface area contributed by atoms with E-state index in [1.807, 2.05) is 11.9 Å². The van der Waals surface area contributed by atoms with Crippen LogP contribution in [0.4, 0.5) is 22.0 Å². The first kappa shape index (κ1) is 27.2. The number of benzene rings is 1. The minimum absolute atomic E-state index is 0.00274. The molecular formula is C25H20F5N5O2S2. The standard InChI is InChI=1S/C25H20F5N5O2S2/c1-33-10-12-34(13-11-33)39(36,37)22-9-8-19(38-22)7-4-17-15-31-35-21(23(26)27)14-20(32-24(17)35)16-2-5-18(6-3-16)25(28,29)30/h2-3,5-6,8-9,14-15,23H,10-13H2,1H3. The van der Waals surface area contributed by atoms with E-state index in [1.54, 1.807) is 6.07 Å². The van der Waals surface area contributed by atoms with Crippen LogP contribution in [0.5, 0.6) is 0 Å². The minimum Gasteiger partial charge on any atom is -0.304 e. The molecule has 14 heteroatoms. The number of sulfonamides is 1. The quantitative estimate of drug-likeness (QED) is 0.257. The van der Waals surface area contributed by atoms with Gasteiger partial charge in [0.1, 0.15) is 9.90 Å². The van der Waals surface area contributed by atoms with E-state index in [0.29, 0.717) is 31.1 Å². The SMILES string of the molecule is CN1CCN(S(=O)(=O)c2ccc(C#Cc3cnn4c(C(F)F)cc(-c5ccc(C(F)(F)F)cc5)nc34)s2)CC1. The highest BCUT2D eigenvalue weighted by Crippen LogP contribution is 2.32. The summed E-state index contributed by atoms with van der Waals surface area (Å²) in [4.78, 5) is 6.83. The summed E-state index contributed by atoms with van der Waals surface area (Å²) in [7, 11) is -1.73. The van der Waals surface area contributed by atoms with Crippen molar-refractivity contribution in [1.29, 1.82) is 0 Å². The van der Waals surface area contributed by atoms with Gasteiger partial charge in [-0.1, -0.05) is 24.0 Å². The van der Waals surface area contributed by atoms with Gasteiger partial charge in [0.2, 0.25) is 0 Å². The Balaban J connectivity index is 1.47. The van der Waals surface area contributed by atoms with Crippen LogP contribution in [0.1, 0.15) is 28.1 Å². The van der Waals surface area contributed by atoms with E-state index in [4.69, 9.17) is 0 Å². The number of fused-ring (bicyclic) bond motifs is 1. The minimum atomic E-state index is -4.54. The number of likely N-dealkylation sites (N-methyl/N-ethyl adjacent to an activating group) is 1. The molecule has 0 N–H and O–H groups in total. The number of halogens is 5. The smallest absolute Gasteiger partial charge is 0.304 e. The molecule has 0 spiro atoms. The molecule has 5 rings (SSSR count). The van der Waals surface area contributed by atoms with Crippen molar-refractivity contribution in [1.82, 2.24) is 23.8 Å². The summed E-state index contributed by atoms with van der Waals surface area (Å²) < 4.78 is 94.9. The van der Waals surface area contributed by atoms with Gasteiger partial charge in [-0.3, -0.25) is 0 Å². The van der Waals surface area contributed by atoms with E-state index < -0.39 is 33.9 Å². The number of thiophene rings is 1. The van der Waals surface area contributed by atoms with Crippen molar-refractivity contribution >= 4 is 27.0 Å². The Morgan fingerprint density at radius 2 is 1.69 bits per heavy atom. The van der Waals surface area contributed by atoms with Crippen LogP contribution in [-0.2, 0) is 16.2 Å². The molecule has 0 saturated carbocycles. The largest absolute Gasteiger partial charge is 0.416 e. The summed E-state index contributed by atoms with van der Waals surface area (Å²) in [6, 6.07) is 8.14. The van der Waals surface area contributed by atoms with Gasteiger partial charge in [0.15, 0.2) is 5.65 Å². The highest BCUT2D eigenvalue weighted by atomic mass is 32.2. The Labute approximate surface area is 224 Å². The second kappa shape index (κ2) is 10.3. The Morgan fingerprint density at radius 3 is 2.33 bits per heavy atom. The van der Waals surface area contributed by atoms with Crippen molar-refractivity contribution in [3.8, 4) is 23.1 Å². The van der Waals surface area contributed by atoms with Gasteiger partial charge in [0.05, 0.1) is 27.9 Å². The van der Waals surface area contributed by atoms with Crippen molar-refractivity contribution in [2.75, 3.05) is 33.2 Å². The fraction of sp³-hybridized carbons (Fsp3) is 0.280. The first-order valence-corrected chi connectivity index (χ1v) is 13.8. The van der Waals surface area contributed by atoms with Gasteiger partial charge in [0.25, 0.3) is 16.4 Å². The van der Waals surface area contributed by atoms with E-state index in [-0.39, 0.29) is 26.7 Å². The third kappa shape index (κ3) is 5.53. The summed E-state index contributed by atoms with van der Waals surface area (Å²) in [6.07, 6.45) is -6.22. The Morgan fingerprint density at radius 1 is 1.00 bits per heavy atom. The highest BCUT2D eigenvalue weighted by molar-refractivity contribution is 7.91. The number of rotatable bonds is 4. The zero-order valence-corrected chi connectivity index (χ0v) is 21.9. The normalized spacial score (nSPS) is 15.6. The van der Waals surface area contributed by atoms with Crippen LogP contribution < -0.4 is 0 Å². The number of piperazine rings is 1. The maximum Gasteiger partial charge on any atom is 0.416 e. The molecule has 1 aliphatic rings. The highest BCUT2D eigenvalue weighted by Gasteiger charge is 2.30. The van der Waals surface area contributed by atoms with Crippen LogP contribution in [0.25, 0.3) is 16.9 Å². The van der Waals surface area contributed by atoms with Crippen LogP contribution in [0.2, 0.25) is 0 Å². The molecule has 7 nitrogen and oxygen atoms in total. The lowest BCUT2D eigenvalue weighted by Gasteiger charge is -2.31. The second-order valence-corrected chi connectivity index (χ2v) is 12.1. The van der Waals surface area contributed by atoms with Gasteiger partial charge in [-0.15, -0.1) is 11.3 Å². The van der Waals surface area contributed by atoms with E-state index in [9.17, 15) is 30.4 Å². The van der Waals surface area contributed by atoms with Gasteiger partial charge in [-0.2, -0.15) is 22.6 Å². The van der Waals surface area contributed by atoms with Crippen LogP contribution in [0.3, 0.4) is 0 Å². The molecule has 0 amide bonds. The molecule has 0 atom stereocenters. The van der Waals surface area contributed by atoms with Crippen LogP contribution in [-0.4, -0.2) is 65.4 Å². The molecule has 1 saturated heterocycles. The van der Waals surface area contributed by atoms with E-state index >= 15 is 0 Å². The lowest BCUT2D eigenvalue weighted by Crippen LogP contribution is -2.46. The van der Waals surface area contributed by atoms with Crippen molar-refractivity contribution < 1.29 is 30.4 Å². The van der Waals surface area contributed by atoms with Crippen LogP contribution in [0.15, 0.2) is 52.9 Å². The first-order valence-electron chi connectivity index (χ1n) is 11.6. The molecule has 4 aromatic rings. The summed E-state index contributed by atoms with van der Waals surface area (Å²) in [5, 5.41) is 3.96. The number of hydrogen-bond acceptors (Lipinski definition) is 6. The average molecular weight is 582 g/mol. The Bertz CT molecular complexity index is 1680. The maximum atomic E-state index is 13.8.